The van der Waals surface area contributed by atoms with Crippen LogP contribution in [0.15, 0.2) is 29.1 Å². The lowest BCUT2D eigenvalue weighted by atomic mass is 10.1. The predicted molar refractivity (Wildman–Crippen MR) is 71.0 cm³/mol. The number of nitrogens with one attached hydrogen (secondary N) is 1. The van der Waals surface area contributed by atoms with Crippen molar-refractivity contribution in [2.45, 2.75) is 6.61 Å². The Bertz CT molecular complexity index is 626. The molecule has 2 rings (SSSR count). The first kappa shape index (κ1) is 13.1. The third-order valence-electron chi connectivity index (χ3n) is 2.28. The number of hydrogen-bond acceptors (Lipinski definition) is 3. The summed E-state index contributed by atoms with van der Waals surface area (Å²) in [4.78, 5) is 18.4. The molecule has 0 radical (unpaired) electrons. The molecule has 0 spiro atoms. The molecule has 0 fully saturated rings. The van der Waals surface area contributed by atoms with Gasteiger partial charge < -0.3 is 9.72 Å². The minimum atomic E-state index is -0.252. The van der Waals surface area contributed by atoms with Gasteiger partial charge in [0.25, 0.3) is 5.56 Å². The minimum Gasteiger partial charge on any atom is -0.377 e. The van der Waals surface area contributed by atoms with Crippen LogP contribution in [0, 0.1) is 0 Å². The molecule has 0 saturated carbocycles. The normalized spacial score (nSPS) is 10.6. The maximum Gasteiger partial charge on any atom is 0.251 e. The van der Waals surface area contributed by atoms with Crippen LogP contribution in [0.2, 0.25) is 10.0 Å². The summed E-state index contributed by atoms with van der Waals surface area (Å²) < 4.78 is 4.94. The fraction of sp³-hybridized carbons (Fsp3) is 0.167. The monoisotopic (exact) mass is 284 g/mol. The van der Waals surface area contributed by atoms with Gasteiger partial charge in [0, 0.05) is 23.8 Å². The highest BCUT2D eigenvalue weighted by Gasteiger charge is 2.08. The molecule has 1 N–H and O–H groups in total. The van der Waals surface area contributed by atoms with Crippen LogP contribution in [0.25, 0.3) is 11.3 Å². The lowest BCUT2D eigenvalue weighted by Crippen LogP contribution is -2.11. The van der Waals surface area contributed by atoms with Crippen molar-refractivity contribution >= 4 is 23.2 Å². The fourth-order valence-corrected chi connectivity index (χ4v) is 2.05. The summed E-state index contributed by atoms with van der Waals surface area (Å²) in [6, 6.07) is 6.41. The Kier molecular flexibility index (Phi) is 4.01. The van der Waals surface area contributed by atoms with E-state index in [0.717, 1.165) is 0 Å². The Balaban J connectivity index is 2.53. The van der Waals surface area contributed by atoms with Gasteiger partial charge in [0.05, 0.1) is 10.7 Å². The van der Waals surface area contributed by atoms with Crippen molar-refractivity contribution < 1.29 is 4.74 Å². The number of aromatic nitrogens is 2. The molecule has 0 atom stereocenters. The summed E-state index contributed by atoms with van der Waals surface area (Å²) in [6.45, 7) is 0.230. The molecule has 0 aliphatic heterocycles. The molecule has 4 nitrogen and oxygen atoms in total. The smallest absolute Gasteiger partial charge is 0.251 e. The van der Waals surface area contributed by atoms with E-state index in [0.29, 0.717) is 27.1 Å². The number of aromatic amines is 1. The van der Waals surface area contributed by atoms with Crippen molar-refractivity contribution in [3.05, 3.63) is 50.5 Å². The average molecular weight is 285 g/mol. The van der Waals surface area contributed by atoms with Gasteiger partial charge in [-0.2, -0.15) is 0 Å². The van der Waals surface area contributed by atoms with Crippen molar-refractivity contribution in [1.29, 1.82) is 0 Å². The largest absolute Gasteiger partial charge is 0.377 e. The number of methoxy groups -OCH3 is 1. The number of H-pyrrole nitrogens is 1. The molecule has 94 valence electrons. The molecule has 0 unspecified atom stereocenters. The Labute approximate surface area is 114 Å². The maximum atomic E-state index is 11.5. The standard InChI is InChI=1S/C12H10Cl2N2O2/c1-18-6-11-15-10(5-12(17)16-11)8-3-2-7(13)4-9(8)14/h2-5H,6H2,1H3,(H,15,16,17). The highest BCUT2D eigenvalue weighted by atomic mass is 35.5. The molecule has 6 heteroatoms. The zero-order valence-electron chi connectivity index (χ0n) is 9.54. The molecule has 1 aromatic heterocycles. The minimum absolute atomic E-state index is 0.230. The van der Waals surface area contributed by atoms with Gasteiger partial charge in [-0.05, 0) is 18.2 Å². The van der Waals surface area contributed by atoms with Gasteiger partial charge in [-0.15, -0.1) is 0 Å². The Morgan fingerprint density at radius 1 is 1.33 bits per heavy atom. The number of ether oxygens (including phenoxy) is 1. The molecule has 0 aliphatic rings. The van der Waals surface area contributed by atoms with E-state index in [1.165, 1.54) is 13.2 Å². The van der Waals surface area contributed by atoms with Crippen LogP contribution in [-0.2, 0) is 11.3 Å². The first-order valence-corrected chi connectivity index (χ1v) is 5.90. The number of rotatable bonds is 3. The first-order valence-electron chi connectivity index (χ1n) is 5.15. The second-order valence-corrected chi connectivity index (χ2v) is 4.48. The van der Waals surface area contributed by atoms with Crippen LogP contribution >= 0.6 is 23.2 Å². The fourth-order valence-electron chi connectivity index (χ4n) is 1.55. The van der Waals surface area contributed by atoms with Crippen molar-refractivity contribution in [3.63, 3.8) is 0 Å². The topological polar surface area (TPSA) is 55.0 Å². The molecule has 1 heterocycles. The van der Waals surface area contributed by atoms with E-state index in [9.17, 15) is 4.79 Å². The summed E-state index contributed by atoms with van der Waals surface area (Å²) in [5.41, 5.74) is 0.898. The molecule has 2 aromatic rings. The van der Waals surface area contributed by atoms with Gasteiger partial charge in [0.2, 0.25) is 0 Å². The predicted octanol–water partition coefficient (Wildman–Crippen LogP) is 2.89. The number of hydrogen-bond donors (Lipinski definition) is 1. The van der Waals surface area contributed by atoms with Crippen molar-refractivity contribution in [1.82, 2.24) is 9.97 Å². The summed E-state index contributed by atoms with van der Waals surface area (Å²) in [5.74, 6) is 0.450. The Morgan fingerprint density at radius 3 is 2.78 bits per heavy atom. The zero-order chi connectivity index (χ0) is 13.1. The molecule has 0 bridgehead atoms. The molecular weight excluding hydrogens is 275 g/mol. The summed E-state index contributed by atoms with van der Waals surface area (Å²) >= 11 is 11.9. The van der Waals surface area contributed by atoms with Crippen LogP contribution in [0.3, 0.4) is 0 Å². The van der Waals surface area contributed by atoms with Gasteiger partial charge >= 0.3 is 0 Å². The van der Waals surface area contributed by atoms with E-state index in [1.807, 2.05) is 0 Å². The molecule has 18 heavy (non-hydrogen) atoms. The van der Waals surface area contributed by atoms with Crippen LogP contribution in [0.1, 0.15) is 5.82 Å². The van der Waals surface area contributed by atoms with Gasteiger partial charge in [-0.1, -0.05) is 23.2 Å². The van der Waals surface area contributed by atoms with E-state index >= 15 is 0 Å². The lowest BCUT2D eigenvalue weighted by Gasteiger charge is -2.06. The van der Waals surface area contributed by atoms with Crippen LogP contribution in [0.5, 0.6) is 0 Å². The second kappa shape index (κ2) is 5.52. The van der Waals surface area contributed by atoms with Crippen LogP contribution < -0.4 is 5.56 Å². The van der Waals surface area contributed by atoms with Crippen molar-refractivity contribution in [2.24, 2.45) is 0 Å². The van der Waals surface area contributed by atoms with Gasteiger partial charge in [-0.25, -0.2) is 4.98 Å². The highest BCUT2D eigenvalue weighted by molar-refractivity contribution is 6.36. The van der Waals surface area contributed by atoms with Crippen molar-refractivity contribution in [2.75, 3.05) is 7.11 Å². The third-order valence-corrected chi connectivity index (χ3v) is 2.83. The Morgan fingerprint density at radius 2 is 2.11 bits per heavy atom. The SMILES string of the molecule is COCc1nc(-c2ccc(Cl)cc2Cl)cc(=O)[nH]1. The van der Waals surface area contributed by atoms with E-state index in [-0.39, 0.29) is 12.2 Å². The van der Waals surface area contributed by atoms with Crippen molar-refractivity contribution in [3.8, 4) is 11.3 Å². The summed E-state index contributed by atoms with van der Waals surface area (Å²) in [5, 5.41) is 0.981. The summed E-state index contributed by atoms with van der Waals surface area (Å²) in [7, 11) is 1.53. The van der Waals surface area contributed by atoms with Gasteiger partial charge in [-0.3, -0.25) is 4.79 Å². The van der Waals surface area contributed by atoms with E-state index in [1.54, 1.807) is 18.2 Å². The first-order chi connectivity index (χ1) is 8.60. The average Bonchev–Trinajstić information content (AvgIpc) is 2.28. The quantitative estimate of drug-likeness (QED) is 0.943. The summed E-state index contributed by atoms with van der Waals surface area (Å²) in [6.07, 6.45) is 0. The molecule has 0 saturated heterocycles. The molecule has 0 aliphatic carbocycles. The molecule has 0 amide bonds. The van der Waals surface area contributed by atoms with E-state index < -0.39 is 0 Å². The molecule has 1 aromatic carbocycles. The number of benzene rings is 1. The van der Waals surface area contributed by atoms with Gasteiger partial charge in [0.1, 0.15) is 12.4 Å². The highest BCUT2D eigenvalue weighted by Crippen LogP contribution is 2.28. The molecular formula is C12H10Cl2N2O2. The van der Waals surface area contributed by atoms with E-state index in [4.69, 9.17) is 27.9 Å². The number of halogens is 2. The second-order valence-electron chi connectivity index (χ2n) is 3.63. The number of nitrogens with zero attached hydrogens (tertiary/aromatic N) is 1. The maximum absolute atomic E-state index is 11.5. The zero-order valence-corrected chi connectivity index (χ0v) is 11.0. The third kappa shape index (κ3) is 2.90. The van der Waals surface area contributed by atoms with Crippen LogP contribution in [0.4, 0.5) is 0 Å². The van der Waals surface area contributed by atoms with Crippen LogP contribution in [-0.4, -0.2) is 17.1 Å². The Hall–Kier alpha value is -1.36. The van der Waals surface area contributed by atoms with Gasteiger partial charge in [0.15, 0.2) is 0 Å². The lowest BCUT2D eigenvalue weighted by molar-refractivity contribution is 0.177. The van der Waals surface area contributed by atoms with E-state index in [2.05, 4.69) is 9.97 Å².